The van der Waals surface area contributed by atoms with Crippen molar-refractivity contribution in [2.45, 2.75) is 25.9 Å². The van der Waals surface area contributed by atoms with Gasteiger partial charge in [-0.25, -0.2) is 14.2 Å². The molecular weight excluding hydrogens is 481 g/mol. The van der Waals surface area contributed by atoms with Crippen molar-refractivity contribution in [1.29, 1.82) is 0 Å². The first-order valence-corrected chi connectivity index (χ1v) is 11.9. The molecule has 3 heterocycles. The Balaban J connectivity index is 1.36. The van der Waals surface area contributed by atoms with E-state index in [-0.39, 0.29) is 24.3 Å². The Bertz CT molecular complexity index is 1260. The number of nitrogens with one attached hydrogen (secondary N) is 2. The zero-order valence-electron chi connectivity index (χ0n) is 18.3. The summed E-state index contributed by atoms with van der Waals surface area (Å²) < 4.78 is 14.0. The van der Waals surface area contributed by atoms with Crippen LogP contribution in [0.1, 0.15) is 24.6 Å². The lowest BCUT2D eigenvalue weighted by Crippen LogP contribution is -2.37. The summed E-state index contributed by atoms with van der Waals surface area (Å²) in [5, 5.41) is 16.3. The standard InChI is InChI=1S/C23H23ClFN5O3S/c1-13(31)26-12-17(32)8-14-9-18(24)21(27-11-14)15-4-6-30(7-5-15)23(33)29-22-28-19-3-2-16(25)10-20(19)34-22/h2-4,9-11,17,32H,5-8,12H2,1H3,(H,26,31)(H,28,29,33). The van der Waals surface area contributed by atoms with Crippen molar-refractivity contribution in [2.24, 2.45) is 0 Å². The number of thiazole rings is 1. The number of carbonyl (C=O) groups is 2. The molecule has 0 bridgehead atoms. The number of anilines is 1. The second kappa shape index (κ2) is 10.5. The molecule has 4 rings (SSSR count). The van der Waals surface area contributed by atoms with Gasteiger partial charge in [0, 0.05) is 39.2 Å². The number of aromatic nitrogens is 2. The van der Waals surface area contributed by atoms with Gasteiger partial charge in [-0.2, -0.15) is 0 Å². The highest BCUT2D eigenvalue weighted by atomic mass is 35.5. The highest BCUT2D eigenvalue weighted by Gasteiger charge is 2.21. The number of hydrogen-bond donors (Lipinski definition) is 3. The zero-order chi connectivity index (χ0) is 24.2. The number of benzene rings is 1. The molecule has 11 heteroatoms. The molecule has 3 N–H and O–H groups in total. The van der Waals surface area contributed by atoms with Gasteiger partial charge < -0.3 is 15.3 Å². The van der Waals surface area contributed by atoms with Crippen LogP contribution in [0, 0.1) is 5.82 Å². The van der Waals surface area contributed by atoms with Crippen LogP contribution in [0.4, 0.5) is 14.3 Å². The topological polar surface area (TPSA) is 107 Å². The van der Waals surface area contributed by atoms with Crippen molar-refractivity contribution in [2.75, 3.05) is 25.0 Å². The highest BCUT2D eigenvalue weighted by Crippen LogP contribution is 2.29. The lowest BCUT2D eigenvalue weighted by molar-refractivity contribution is -0.119. The zero-order valence-corrected chi connectivity index (χ0v) is 19.9. The van der Waals surface area contributed by atoms with E-state index in [0.717, 1.165) is 11.1 Å². The number of rotatable bonds is 6. The number of amides is 3. The van der Waals surface area contributed by atoms with Gasteiger partial charge in [0.15, 0.2) is 5.13 Å². The molecule has 3 amide bonds. The van der Waals surface area contributed by atoms with Crippen LogP contribution in [-0.2, 0) is 11.2 Å². The Hall–Kier alpha value is -3.08. The first-order valence-electron chi connectivity index (χ1n) is 10.7. The maximum atomic E-state index is 13.4. The molecule has 34 heavy (non-hydrogen) atoms. The van der Waals surface area contributed by atoms with Crippen molar-refractivity contribution in [3.63, 3.8) is 0 Å². The summed E-state index contributed by atoms with van der Waals surface area (Å²) in [5.74, 6) is -0.544. The van der Waals surface area contributed by atoms with E-state index >= 15 is 0 Å². The molecule has 8 nitrogen and oxygen atoms in total. The third kappa shape index (κ3) is 5.88. The summed E-state index contributed by atoms with van der Waals surface area (Å²) in [5.41, 5.74) is 2.99. The summed E-state index contributed by atoms with van der Waals surface area (Å²) >= 11 is 7.67. The average Bonchev–Trinajstić information content (AvgIpc) is 3.19. The van der Waals surface area contributed by atoms with E-state index in [1.165, 1.54) is 30.4 Å². The van der Waals surface area contributed by atoms with Gasteiger partial charge in [0.25, 0.3) is 0 Å². The summed E-state index contributed by atoms with van der Waals surface area (Å²) in [7, 11) is 0. The van der Waals surface area contributed by atoms with E-state index in [9.17, 15) is 19.1 Å². The molecule has 3 aromatic rings. The number of fused-ring (bicyclic) bond motifs is 1. The van der Waals surface area contributed by atoms with Crippen molar-refractivity contribution >= 4 is 55.8 Å². The van der Waals surface area contributed by atoms with Crippen molar-refractivity contribution < 1.29 is 19.1 Å². The molecule has 1 unspecified atom stereocenters. The molecule has 0 saturated carbocycles. The smallest absolute Gasteiger partial charge is 0.323 e. The van der Waals surface area contributed by atoms with E-state index in [1.54, 1.807) is 23.2 Å². The summed E-state index contributed by atoms with van der Waals surface area (Å²) in [6, 6.07) is 5.79. The SMILES string of the molecule is CC(=O)NCC(O)Cc1cnc(C2=CCN(C(=O)Nc3nc4ccc(F)cc4s3)CC2)c(Cl)c1. The molecule has 178 valence electrons. The third-order valence-corrected chi connectivity index (χ3v) is 6.54. The fraction of sp³-hybridized carbons (Fsp3) is 0.304. The van der Waals surface area contributed by atoms with Crippen LogP contribution in [0.5, 0.6) is 0 Å². The minimum atomic E-state index is -0.733. The Labute approximate surface area is 204 Å². The van der Waals surface area contributed by atoms with Gasteiger partial charge in [0.05, 0.1) is 27.0 Å². The molecular formula is C23H23ClFN5O3S. The molecule has 0 aliphatic carbocycles. The van der Waals surface area contributed by atoms with Gasteiger partial charge in [0.2, 0.25) is 5.91 Å². The van der Waals surface area contributed by atoms with Crippen molar-refractivity contribution in [3.05, 3.63) is 58.6 Å². The van der Waals surface area contributed by atoms with E-state index in [4.69, 9.17) is 11.6 Å². The Kier molecular flexibility index (Phi) is 7.40. The fourth-order valence-electron chi connectivity index (χ4n) is 3.62. The normalized spacial score (nSPS) is 14.6. The van der Waals surface area contributed by atoms with Crippen LogP contribution in [0.3, 0.4) is 0 Å². The molecule has 1 aliphatic rings. The van der Waals surface area contributed by atoms with Gasteiger partial charge in [-0.1, -0.05) is 29.0 Å². The molecule has 1 aliphatic heterocycles. The first kappa shape index (κ1) is 24.1. The molecule has 0 saturated heterocycles. The monoisotopic (exact) mass is 503 g/mol. The average molecular weight is 504 g/mol. The maximum absolute atomic E-state index is 13.4. The molecule has 1 atom stereocenters. The largest absolute Gasteiger partial charge is 0.391 e. The Morgan fingerprint density at radius 3 is 2.88 bits per heavy atom. The maximum Gasteiger partial charge on any atom is 0.323 e. The highest BCUT2D eigenvalue weighted by molar-refractivity contribution is 7.22. The number of hydrogen-bond acceptors (Lipinski definition) is 6. The summed E-state index contributed by atoms with van der Waals surface area (Å²) in [6.07, 6.45) is 3.74. The lowest BCUT2D eigenvalue weighted by atomic mass is 10.0. The number of pyridine rings is 1. The van der Waals surface area contributed by atoms with Crippen LogP contribution in [-0.4, -0.2) is 57.7 Å². The van der Waals surface area contributed by atoms with Crippen LogP contribution in [0.25, 0.3) is 15.8 Å². The second-order valence-corrected chi connectivity index (χ2v) is 9.39. The number of nitrogens with zero attached hydrogens (tertiary/aromatic N) is 3. The van der Waals surface area contributed by atoms with Crippen LogP contribution in [0.15, 0.2) is 36.5 Å². The van der Waals surface area contributed by atoms with E-state index in [0.29, 0.717) is 52.0 Å². The number of carbonyl (C=O) groups excluding carboxylic acids is 2. The Morgan fingerprint density at radius 2 is 2.18 bits per heavy atom. The quantitative estimate of drug-likeness (QED) is 0.473. The van der Waals surface area contributed by atoms with Gasteiger partial charge in [-0.3, -0.25) is 15.1 Å². The Morgan fingerprint density at radius 1 is 1.35 bits per heavy atom. The summed E-state index contributed by atoms with van der Waals surface area (Å²) in [6.45, 7) is 2.42. The van der Waals surface area contributed by atoms with Crippen LogP contribution < -0.4 is 10.6 Å². The molecule has 0 radical (unpaired) electrons. The fourth-order valence-corrected chi connectivity index (χ4v) is 4.81. The minimum absolute atomic E-state index is 0.158. The van der Waals surface area contributed by atoms with E-state index in [2.05, 4.69) is 20.6 Å². The van der Waals surface area contributed by atoms with Crippen molar-refractivity contribution in [1.82, 2.24) is 20.2 Å². The number of halogens is 2. The van der Waals surface area contributed by atoms with E-state index in [1.807, 2.05) is 6.08 Å². The molecule has 2 aromatic heterocycles. The van der Waals surface area contributed by atoms with Gasteiger partial charge in [0.1, 0.15) is 5.82 Å². The number of aliphatic hydroxyl groups excluding tert-OH is 1. The second-order valence-electron chi connectivity index (χ2n) is 7.96. The van der Waals surface area contributed by atoms with Gasteiger partial charge in [-0.05, 0) is 41.8 Å². The van der Waals surface area contributed by atoms with Crippen LogP contribution in [0.2, 0.25) is 5.02 Å². The van der Waals surface area contributed by atoms with Crippen molar-refractivity contribution in [3.8, 4) is 0 Å². The predicted octanol–water partition coefficient (Wildman–Crippen LogP) is 3.84. The predicted molar refractivity (Wildman–Crippen MR) is 130 cm³/mol. The van der Waals surface area contributed by atoms with Crippen LogP contribution >= 0.6 is 22.9 Å². The first-order chi connectivity index (χ1) is 16.3. The van der Waals surface area contributed by atoms with Gasteiger partial charge in [-0.15, -0.1) is 0 Å². The summed E-state index contributed by atoms with van der Waals surface area (Å²) in [4.78, 5) is 34.1. The molecule has 0 spiro atoms. The third-order valence-electron chi connectivity index (χ3n) is 5.32. The molecule has 1 aromatic carbocycles. The lowest BCUT2D eigenvalue weighted by Gasteiger charge is -2.26. The number of aliphatic hydroxyl groups is 1. The molecule has 0 fully saturated rings. The minimum Gasteiger partial charge on any atom is -0.391 e. The van der Waals surface area contributed by atoms with E-state index < -0.39 is 6.10 Å². The van der Waals surface area contributed by atoms with Gasteiger partial charge >= 0.3 is 6.03 Å². The number of urea groups is 1.